The van der Waals surface area contributed by atoms with Gasteiger partial charge in [0.2, 0.25) is 0 Å². The van der Waals surface area contributed by atoms with Crippen LogP contribution in [0.5, 0.6) is 0 Å². The smallest absolute Gasteiger partial charge is 0 e. The van der Waals surface area contributed by atoms with Crippen molar-refractivity contribution in [3.63, 3.8) is 0 Å². The van der Waals surface area contributed by atoms with Crippen molar-refractivity contribution in [2.24, 2.45) is 0 Å². The molecule has 0 atom stereocenters. The summed E-state index contributed by atoms with van der Waals surface area (Å²) < 4.78 is 0. The maximum Gasteiger partial charge on any atom is 0 e. The molecular weight excluding hydrogens is 298 g/mol. The van der Waals surface area contributed by atoms with Crippen LogP contribution in [0.2, 0.25) is 0 Å². The van der Waals surface area contributed by atoms with Gasteiger partial charge in [-0.15, -0.1) is 43.6 Å². The predicted molar refractivity (Wildman–Crippen MR) is 72.4 cm³/mol. The SMILES string of the molecule is Cl.Cl.Cl.[C-]1=CC(Cc2ccccc2)=CC1.[Ti]. The van der Waals surface area contributed by atoms with E-state index in [2.05, 4.69) is 48.6 Å². The summed E-state index contributed by atoms with van der Waals surface area (Å²) in [6, 6.07) is 10.5. The van der Waals surface area contributed by atoms with Gasteiger partial charge in [-0.1, -0.05) is 42.3 Å². The zero-order valence-corrected chi connectivity index (χ0v) is 12.7. The van der Waals surface area contributed by atoms with Gasteiger partial charge in [-0.3, -0.25) is 6.08 Å². The molecule has 2 rings (SSSR count). The Morgan fingerprint density at radius 2 is 1.62 bits per heavy atom. The van der Waals surface area contributed by atoms with Gasteiger partial charge in [0.1, 0.15) is 0 Å². The van der Waals surface area contributed by atoms with Gasteiger partial charge in [0.15, 0.2) is 0 Å². The van der Waals surface area contributed by atoms with Gasteiger partial charge in [-0.25, -0.2) is 6.08 Å². The van der Waals surface area contributed by atoms with Crippen LogP contribution in [0.25, 0.3) is 0 Å². The summed E-state index contributed by atoms with van der Waals surface area (Å²) in [5.41, 5.74) is 2.77. The fourth-order valence-electron chi connectivity index (χ4n) is 1.39. The van der Waals surface area contributed by atoms with E-state index in [1.54, 1.807) is 0 Å². The maximum absolute atomic E-state index is 3.17. The molecule has 1 aromatic rings. The fraction of sp³-hybridized carbons (Fsp3) is 0.167. The van der Waals surface area contributed by atoms with E-state index < -0.39 is 0 Å². The minimum atomic E-state index is 0. The van der Waals surface area contributed by atoms with Crippen molar-refractivity contribution in [3.05, 3.63) is 59.7 Å². The Hall–Kier alpha value is 0.284. The molecule has 1 aliphatic rings. The average molecular weight is 312 g/mol. The van der Waals surface area contributed by atoms with E-state index in [9.17, 15) is 0 Å². The zero-order valence-electron chi connectivity index (χ0n) is 8.68. The quantitative estimate of drug-likeness (QED) is 0.567. The molecule has 0 N–H and O–H groups in total. The van der Waals surface area contributed by atoms with Crippen LogP contribution in [-0.4, -0.2) is 0 Å². The second-order valence-electron chi connectivity index (χ2n) is 2.99. The molecule has 1 aliphatic carbocycles. The topological polar surface area (TPSA) is 0 Å². The zero-order chi connectivity index (χ0) is 8.23. The van der Waals surface area contributed by atoms with Crippen molar-refractivity contribution < 1.29 is 21.7 Å². The molecule has 0 amide bonds. The summed E-state index contributed by atoms with van der Waals surface area (Å²) in [4.78, 5) is 0. The number of benzene rings is 1. The van der Waals surface area contributed by atoms with Crippen molar-refractivity contribution in [3.8, 4) is 0 Å². The number of allylic oxidation sites excluding steroid dienone is 4. The summed E-state index contributed by atoms with van der Waals surface area (Å²) in [6.07, 6.45) is 9.53. The molecule has 0 aromatic heterocycles. The summed E-state index contributed by atoms with van der Waals surface area (Å²) in [7, 11) is 0. The first-order valence-electron chi connectivity index (χ1n) is 4.25. The van der Waals surface area contributed by atoms with Crippen molar-refractivity contribution >= 4 is 37.2 Å². The second-order valence-corrected chi connectivity index (χ2v) is 2.99. The van der Waals surface area contributed by atoms with Gasteiger partial charge in [-0.05, 0) is 0 Å². The Morgan fingerprint density at radius 1 is 1.00 bits per heavy atom. The van der Waals surface area contributed by atoms with Gasteiger partial charge >= 0.3 is 0 Å². The normalized spacial score (nSPS) is 11.1. The van der Waals surface area contributed by atoms with E-state index in [4.69, 9.17) is 0 Å². The first-order chi connectivity index (χ1) is 5.95. The van der Waals surface area contributed by atoms with Crippen LogP contribution in [0.3, 0.4) is 0 Å². The fourth-order valence-corrected chi connectivity index (χ4v) is 1.39. The molecular formula is C12H14Cl3Ti-. The minimum absolute atomic E-state index is 0. The molecule has 0 unspecified atom stereocenters. The average Bonchev–Trinajstić information content (AvgIpc) is 2.59. The van der Waals surface area contributed by atoms with E-state index in [-0.39, 0.29) is 58.9 Å². The summed E-state index contributed by atoms with van der Waals surface area (Å²) in [5, 5.41) is 0. The van der Waals surface area contributed by atoms with E-state index >= 15 is 0 Å². The Balaban J connectivity index is -0.000000422. The van der Waals surface area contributed by atoms with Gasteiger partial charge in [0.25, 0.3) is 0 Å². The third-order valence-electron chi connectivity index (χ3n) is 2.02. The Morgan fingerprint density at radius 3 is 2.12 bits per heavy atom. The molecule has 1 aromatic carbocycles. The van der Waals surface area contributed by atoms with Crippen molar-refractivity contribution in [1.82, 2.24) is 0 Å². The molecule has 16 heavy (non-hydrogen) atoms. The van der Waals surface area contributed by atoms with Crippen molar-refractivity contribution in [2.45, 2.75) is 12.8 Å². The molecule has 0 aliphatic heterocycles. The maximum atomic E-state index is 3.17. The predicted octanol–water partition coefficient (Wildman–Crippen LogP) is 4.18. The number of hydrogen-bond acceptors (Lipinski definition) is 0. The van der Waals surface area contributed by atoms with Crippen LogP contribution >= 0.6 is 37.2 Å². The van der Waals surface area contributed by atoms with Gasteiger partial charge in [-0.2, -0.15) is 11.6 Å². The second kappa shape index (κ2) is 11.8. The molecule has 0 saturated carbocycles. The molecule has 0 fully saturated rings. The monoisotopic (exact) mass is 311 g/mol. The summed E-state index contributed by atoms with van der Waals surface area (Å²) in [5.74, 6) is 0. The van der Waals surface area contributed by atoms with Crippen LogP contribution in [0.15, 0.2) is 48.1 Å². The Kier molecular flexibility index (Phi) is 15.8. The number of hydrogen-bond donors (Lipinski definition) is 0. The van der Waals surface area contributed by atoms with Crippen molar-refractivity contribution in [2.75, 3.05) is 0 Å². The van der Waals surface area contributed by atoms with Crippen LogP contribution in [0.1, 0.15) is 12.0 Å². The molecule has 0 heterocycles. The van der Waals surface area contributed by atoms with Gasteiger partial charge < -0.3 is 0 Å². The van der Waals surface area contributed by atoms with Crippen LogP contribution in [-0.2, 0) is 28.1 Å². The third kappa shape index (κ3) is 6.78. The third-order valence-corrected chi connectivity index (χ3v) is 2.02. The standard InChI is InChI=1S/C12H11.3ClH.Ti/c1-2-6-11(7-3-1)10-12-8-4-5-9-12;;;;/h1-3,6-9H,4,10H2;3*1H;/q-1;;;;. The largest absolute Gasteiger partial charge is 0.273 e. The van der Waals surface area contributed by atoms with Crippen LogP contribution < -0.4 is 0 Å². The molecule has 88 valence electrons. The Bertz CT molecular complexity index is 320. The van der Waals surface area contributed by atoms with E-state index in [1.807, 2.05) is 0 Å². The van der Waals surface area contributed by atoms with E-state index in [1.165, 1.54) is 11.1 Å². The molecule has 4 heteroatoms. The Labute approximate surface area is 131 Å². The van der Waals surface area contributed by atoms with E-state index in [0.717, 1.165) is 12.8 Å². The first kappa shape index (κ1) is 21.6. The van der Waals surface area contributed by atoms with Crippen LogP contribution in [0, 0.1) is 6.08 Å². The minimum Gasteiger partial charge on any atom is -0.273 e. The van der Waals surface area contributed by atoms with Crippen molar-refractivity contribution in [1.29, 1.82) is 0 Å². The van der Waals surface area contributed by atoms with Gasteiger partial charge in [0.05, 0.1) is 0 Å². The van der Waals surface area contributed by atoms with Crippen LogP contribution in [0.4, 0.5) is 0 Å². The number of rotatable bonds is 2. The summed E-state index contributed by atoms with van der Waals surface area (Å²) >= 11 is 0. The molecule has 0 nitrogen and oxygen atoms in total. The molecule has 0 saturated heterocycles. The van der Waals surface area contributed by atoms with Gasteiger partial charge in [0, 0.05) is 21.7 Å². The molecule has 0 bridgehead atoms. The number of halogens is 3. The molecule has 0 radical (unpaired) electrons. The van der Waals surface area contributed by atoms with E-state index in [0.29, 0.717) is 0 Å². The molecule has 0 spiro atoms. The summed E-state index contributed by atoms with van der Waals surface area (Å²) in [6.45, 7) is 0. The first-order valence-corrected chi connectivity index (χ1v) is 4.25.